The summed E-state index contributed by atoms with van der Waals surface area (Å²) in [5, 5.41) is 10.8. The summed E-state index contributed by atoms with van der Waals surface area (Å²) in [7, 11) is 0. The first-order valence-corrected chi connectivity index (χ1v) is 8.54. The maximum absolute atomic E-state index is 14.4. The molecule has 0 aliphatic heterocycles. The Balaban J connectivity index is 2.39. The van der Waals surface area contributed by atoms with Gasteiger partial charge in [0.15, 0.2) is 0 Å². The molecule has 5 heteroatoms. The molecule has 21 heavy (non-hydrogen) atoms. The van der Waals surface area contributed by atoms with E-state index in [0.29, 0.717) is 17.0 Å². The molecule has 0 saturated heterocycles. The van der Waals surface area contributed by atoms with Gasteiger partial charge in [0.25, 0.3) is 0 Å². The Kier molecular flexibility index (Phi) is 5.69. The molecular formula is C16H21BrClFO2. The molecule has 0 spiro atoms. The van der Waals surface area contributed by atoms with Crippen LogP contribution in [0.3, 0.4) is 0 Å². The van der Waals surface area contributed by atoms with Crippen LogP contribution < -0.4 is 0 Å². The summed E-state index contributed by atoms with van der Waals surface area (Å²) in [5.41, 5.74) is -0.504. The smallest absolute Gasteiger partial charge is 0.148 e. The van der Waals surface area contributed by atoms with Crippen LogP contribution >= 0.6 is 27.5 Å². The highest BCUT2D eigenvalue weighted by Gasteiger charge is 2.44. The maximum Gasteiger partial charge on any atom is 0.148 e. The van der Waals surface area contributed by atoms with Crippen LogP contribution in [0.5, 0.6) is 0 Å². The summed E-state index contributed by atoms with van der Waals surface area (Å²) in [6, 6.07) is 3.24. The van der Waals surface area contributed by atoms with E-state index in [0.717, 1.165) is 25.7 Å². The van der Waals surface area contributed by atoms with Crippen molar-refractivity contribution in [3.05, 3.63) is 33.0 Å². The zero-order valence-corrected chi connectivity index (χ0v) is 14.7. The fourth-order valence-corrected chi connectivity index (χ4v) is 3.80. The summed E-state index contributed by atoms with van der Waals surface area (Å²) in [5.74, 6) is -0.121. The standard InChI is InChI=1S/C16H21BrClFO2/c1-3-21-16(8-4-5-10(2)9-16)15(20)11-6-7-12(17)13(18)14(11)19/h6-7,10,15,20H,3-5,8-9H2,1-2H3. The molecule has 1 aromatic carbocycles. The second kappa shape index (κ2) is 6.95. The fraction of sp³-hybridized carbons (Fsp3) is 0.625. The van der Waals surface area contributed by atoms with Crippen molar-refractivity contribution in [1.82, 2.24) is 0 Å². The minimum absolute atomic E-state index is 0.00190. The van der Waals surface area contributed by atoms with Crippen molar-refractivity contribution >= 4 is 27.5 Å². The molecule has 0 amide bonds. The highest BCUT2D eigenvalue weighted by atomic mass is 79.9. The Morgan fingerprint density at radius 2 is 2.29 bits per heavy atom. The van der Waals surface area contributed by atoms with Gasteiger partial charge in [-0.1, -0.05) is 37.4 Å². The summed E-state index contributed by atoms with van der Waals surface area (Å²) >= 11 is 9.14. The van der Waals surface area contributed by atoms with Gasteiger partial charge in [-0.05, 0) is 47.7 Å². The first-order chi connectivity index (χ1) is 9.91. The molecule has 1 aromatic rings. The van der Waals surface area contributed by atoms with Crippen molar-refractivity contribution in [3.63, 3.8) is 0 Å². The molecule has 118 valence electrons. The number of hydrogen-bond acceptors (Lipinski definition) is 2. The van der Waals surface area contributed by atoms with Crippen LogP contribution in [0, 0.1) is 11.7 Å². The normalized spacial score (nSPS) is 27.6. The molecule has 2 nitrogen and oxygen atoms in total. The SMILES string of the molecule is CCOC1(C(O)c2ccc(Br)c(Cl)c2F)CCCC(C)C1. The van der Waals surface area contributed by atoms with Crippen LogP contribution in [0.1, 0.15) is 51.2 Å². The van der Waals surface area contributed by atoms with Crippen LogP contribution in [0.15, 0.2) is 16.6 Å². The molecule has 1 fully saturated rings. The van der Waals surface area contributed by atoms with Crippen molar-refractivity contribution in [2.24, 2.45) is 5.92 Å². The molecule has 1 saturated carbocycles. The average molecular weight is 380 g/mol. The van der Waals surface area contributed by atoms with Gasteiger partial charge in [-0.2, -0.15) is 0 Å². The monoisotopic (exact) mass is 378 g/mol. The van der Waals surface area contributed by atoms with Crippen LogP contribution in [-0.4, -0.2) is 17.3 Å². The van der Waals surface area contributed by atoms with E-state index in [1.165, 1.54) is 0 Å². The topological polar surface area (TPSA) is 29.5 Å². The van der Waals surface area contributed by atoms with E-state index < -0.39 is 17.5 Å². The molecule has 0 aromatic heterocycles. The van der Waals surface area contributed by atoms with Crippen molar-refractivity contribution in [3.8, 4) is 0 Å². The van der Waals surface area contributed by atoms with E-state index in [4.69, 9.17) is 16.3 Å². The van der Waals surface area contributed by atoms with Gasteiger partial charge in [0, 0.05) is 16.6 Å². The van der Waals surface area contributed by atoms with Crippen molar-refractivity contribution in [2.75, 3.05) is 6.61 Å². The number of aliphatic hydroxyl groups is 1. The van der Waals surface area contributed by atoms with Crippen LogP contribution in [0.4, 0.5) is 4.39 Å². The van der Waals surface area contributed by atoms with Gasteiger partial charge in [0.05, 0.1) is 10.6 Å². The Labute approximate surface area is 138 Å². The van der Waals surface area contributed by atoms with E-state index in [9.17, 15) is 9.50 Å². The molecule has 1 aliphatic carbocycles. The summed E-state index contributed by atoms with van der Waals surface area (Å²) in [6.07, 6.45) is 2.55. The summed E-state index contributed by atoms with van der Waals surface area (Å²) < 4.78 is 20.8. The predicted molar refractivity (Wildman–Crippen MR) is 86.1 cm³/mol. The second-order valence-corrected chi connectivity index (χ2v) is 7.10. The van der Waals surface area contributed by atoms with Gasteiger partial charge in [-0.25, -0.2) is 4.39 Å². The number of aliphatic hydroxyl groups excluding tert-OH is 1. The van der Waals surface area contributed by atoms with Gasteiger partial charge in [-0.3, -0.25) is 0 Å². The quantitative estimate of drug-likeness (QED) is 0.723. The lowest BCUT2D eigenvalue weighted by Crippen LogP contribution is -2.44. The lowest BCUT2D eigenvalue weighted by Gasteiger charge is -2.43. The highest BCUT2D eigenvalue weighted by molar-refractivity contribution is 9.10. The number of halogens is 3. The maximum atomic E-state index is 14.4. The lowest BCUT2D eigenvalue weighted by molar-refractivity contribution is -0.150. The Morgan fingerprint density at radius 3 is 2.90 bits per heavy atom. The third-order valence-electron chi connectivity index (χ3n) is 4.28. The van der Waals surface area contributed by atoms with E-state index >= 15 is 0 Å². The second-order valence-electron chi connectivity index (χ2n) is 5.87. The third kappa shape index (κ3) is 3.44. The van der Waals surface area contributed by atoms with Gasteiger partial charge < -0.3 is 9.84 Å². The Bertz CT molecular complexity index is 507. The Morgan fingerprint density at radius 1 is 1.57 bits per heavy atom. The van der Waals surface area contributed by atoms with Gasteiger partial charge in [0.2, 0.25) is 0 Å². The summed E-state index contributed by atoms with van der Waals surface area (Å²) in [4.78, 5) is 0. The molecule has 0 bridgehead atoms. The molecule has 0 radical (unpaired) electrons. The molecule has 2 rings (SSSR count). The van der Waals surface area contributed by atoms with E-state index in [1.54, 1.807) is 12.1 Å². The van der Waals surface area contributed by atoms with Crippen LogP contribution in [0.25, 0.3) is 0 Å². The Hall–Kier alpha value is -0.160. The lowest BCUT2D eigenvalue weighted by atomic mass is 9.74. The zero-order valence-electron chi connectivity index (χ0n) is 12.3. The molecule has 0 heterocycles. The van der Waals surface area contributed by atoms with Crippen molar-refractivity contribution < 1.29 is 14.2 Å². The fourth-order valence-electron chi connectivity index (χ4n) is 3.32. The van der Waals surface area contributed by atoms with E-state index in [1.807, 2.05) is 6.92 Å². The number of benzene rings is 1. The first-order valence-electron chi connectivity index (χ1n) is 7.36. The molecular weight excluding hydrogens is 359 g/mol. The van der Waals surface area contributed by atoms with E-state index in [-0.39, 0.29) is 10.6 Å². The van der Waals surface area contributed by atoms with Gasteiger partial charge in [-0.15, -0.1) is 0 Å². The molecule has 1 N–H and O–H groups in total. The largest absolute Gasteiger partial charge is 0.385 e. The molecule has 3 unspecified atom stereocenters. The number of hydrogen-bond donors (Lipinski definition) is 1. The molecule has 3 atom stereocenters. The van der Waals surface area contributed by atoms with Gasteiger partial charge >= 0.3 is 0 Å². The highest BCUT2D eigenvalue weighted by Crippen LogP contribution is 2.45. The third-order valence-corrected chi connectivity index (χ3v) is 5.54. The average Bonchev–Trinajstić information content (AvgIpc) is 2.45. The van der Waals surface area contributed by atoms with Gasteiger partial charge in [0.1, 0.15) is 11.9 Å². The van der Waals surface area contributed by atoms with Crippen molar-refractivity contribution in [1.29, 1.82) is 0 Å². The van der Waals surface area contributed by atoms with Crippen LogP contribution in [0.2, 0.25) is 5.02 Å². The zero-order chi connectivity index (χ0) is 15.6. The van der Waals surface area contributed by atoms with E-state index in [2.05, 4.69) is 22.9 Å². The minimum Gasteiger partial charge on any atom is -0.385 e. The van der Waals surface area contributed by atoms with Crippen LogP contribution in [-0.2, 0) is 4.74 Å². The summed E-state index contributed by atoms with van der Waals surface area (Å²) in [6.45, 7) is 4.54. The predicted octanol–water partition coefficient (Wildman–Crippen LogP) is 5.26. The number of rotatable bonds is 4. The number of ether oxygens (including phenoxy) is 1. The van der Waals surface area contributed by atoms with Crippen molar-refractivity contribution in [2.45, 2.75) is 51.2 Å². The minimum atomic E-state index is -1.01. The molecule has 1 aliphatic rings. The first kappa shape index (κ1) is 17.2.